The van der Waals surface area contributed by atoms with Crippen LogP contribution in [0, 0.1) is 0 Å². The molecule has 1 atom stereocenters. The second-order valence-electron chi connectivity index (χ2n) is 7.62. The summed E-state index contributed by atoms with van der Waals surface area (Å²) in [5.41, 5.74) is 0.907. The lowest BCUT2D eigenvalue weighted by Crippen LogP contribution is -2.24. The maximum Gasteiger partial charge on any atom is 0.127 e. The van der Waals surface area contributed by atoms with Gasteiger partial charge in [-0.15, -0.1) is 0 Å². The smallest absolute Gasteiger partial charge is 0.127 e. The Morgan fingerprint density at radius 1 is 0.893 bits per heavy atom. The van der Waals surface area contributed by atoms with E-state index in [0.29, 0.717) is 5.02 Å². The first kappa shape index (κ1) is 20.4. The van der Waals surface area contributed by atoms with Crippen molar-refractivity contribution in [1.82, 2.24) is 0 Å². The molecule has 0 aliphatic heterocycles. The van der Waals surface area contributed by atoms with Gasteiger partial charge in [0.1, 0.15) is 17.2 Å². The molecule has 0 radical (unpaired) electrons. The molecule has 146 valence electrons. The predicted octanol–water partition coefficient (Wildman–Crippen LogP) is 7.99. The lowest BCUT2D eigenvalue weighted by Gasteiger charge is -2.27. The van der Waals surface area contributed by atoms with Crippen molar-refractivity contribution in [3.05, 3.63) is 95.0 Å². The van der Waals surface area contributed by atoms with Crippen LogP contribution in [0.3, 0.4) is 0 Å². The molecular formula is C25H26ClFO. The summed E-state index contributed by atoms with van der Waals surface area (Å²) in [5.74, 6) is 1.49. The first-order chi connectivity index (χ1) is 13.4. The molecule has 0 spiro atoms. The van der Waals surface area contributed by atoms with Crippen LogP contribution in [0.2, 0.25) is 5.02 Å². The molecular weight excluding hydrogens is 371 g/mol. The maximum absolute atomic E-state index is 14.8. The molecule has 0 amide bonds. The SMILES string of the molecule is CC(C)(F)C(CCCc1cccc(Oc2ccccc2)c1)c1ccc(Cl)cc1. The van der Waals surface area contributed by atoms with E-state index < -0.39 is 5.67 Å². The molecule has 0 bridgehead atoms. The molecule has 0 aliphatic carbocycles. The molecule has 0 saturated carbocycles. The van der Waals surface area contributed by atoms with Crippen molar-refractivity contribution in [2.24, 2.45) is 0 Å². The fourth-order valence-corrected chi connectivity index (χ4v) is 3.63. The quantitative estimate of drug-likeness (QED) is 0.375. The van der Waals surface area contributed by atoms with Crippen LogP contribution in [0.25, 0.3) is 0 Å². The zero-order valence-corrected chi connectivity index (χ0v) is 17.1. The number of alkyl halides is 1. The van der Waals surface area contributed by atoms with Gasteiger partial charge >= 0.3 is 0 Å². The average molecular weight is 397 g/mol. The average Bonchev–Trinajstić information content (AvgIpc) is 2.66. The molecule has 0 heterocycles. The van der Waals surface area contributed by atoms with Crippen molar-refractivity contribution >= 4 is 11.6 Å². The third-order valence-corrected chi connectivity index (χ3v) is 5.19. The number of halogens is 2. The molecule has 3 aromatic rings. The maximum atomic E-state index is 14.8. The van der Waals surface area contributed by atoms with Gasteiger partial charge in [-0.1, -0.05) is 54.1 Å². The molecule has 0 fully saturated rings. The lowest BCUT2D eigenvalue weighted by molar-refractivity contribution is 0.163. The van der Waals surface area contributed by atoms with Gasteiger partial charge in [0.05, 0.1) is 0 Å². The number of ether oxygens (including phenoxy) is 1. The number of benzene rings is 3. The standard InChI is InChI=1S/C25H26ClFO/c1-25(2,27)24(20-14-16-21(26)17-15-20)13-7-9-19-8-6-12-23(18-19)28-22-10-4-3-5-11-22/h3-6,8,10-12,14-18,24H,7,9,13H2,1-2H3. The Kier molecular flexibility index (Phi) is 6.74. The second-order valence-corrected chi connectivity index (χ2v) is 8.06. The zero-order valence-electron chi connectivity index (χ0n) is 16.4. The van der Waals surface area contributed by atoms with Crippen LogP contribution in [0.15, 0.2) is 78.9 Å². The van der Waals surface area contributed by atoms with Crippen molar-refractivity contribution < 1.29 is 9.13 Å². The highest BCUT2D eigenvalue weighted by atomic mass is 35.5. The van der Waals surface area contributed by atoms with Crippen molar-refractivity contribution in [1.29, 1.82) is 0 Å². The predicted molar refractivity (Wildman–Crippen MR) is 115 cm³/mol. The number of rotatable bonds is 8. The van der Waals surface area contributed by atoms with Gasteiger partial charge in [-0.3, -0.25) is 0 Å². The Bertz CT molecular complexity index is 869. The minimum atomic E-state index is -1.29. The molecule has 1 unspecified atom stereocenters. The van der Waals surface area contributed by atoms with E-state index in [0.717, 1.165) is 36.3 Å². The van der Waals surface area contributed by atoms with Gasteiger partial charge in [0.25, 0.3) is 0 Å². The van der Waals surface area contributed by atoms with Crippen LogP contribution < -0.4 is 4.74 Å². The van der Waals surface area contributed by atoms with Gasteiger partial charge in [0, 0.05) is 10.9 Å². The van der Waals surface area contributed by atoms with E-state index in [1.165, 1.54) is 5.56 Å². The molecule has 0 N–H and O–H groups in total. The molecule has 3 rings (SSSR count). The van der Waals surface area contributed by atoms with E-state index >= 15 is 0 Å². The molecule has 0 saturated heterocycles. The minimum Gasteiger partial charge on any atom is -0.457 e. The minimum absolute atomic E-state index is 0.159. The van der Waals surface area contributed by atoms with E-state index in [4.69, 9.17) is 16.3 Å². The van der Waals surface area contributed by atoms with Crippen LogP contribution in [0.4, 0.5) is 4.39 Å². The summed E-state index contributed by atoms with van der Waals surface area (Å²) in [6.07, 6.45) is 2.55. The summed E-state index contributed by atoms with van der Waals surface area (Å²) in [7, 11) is 0. The summed E-state index contributed by atoms with van der Waals surface area (Å²) >= 11 is 5.98. The van der Waals surface area contributed by atoms with Crippen LogP contribution in [-0.2, 0) is 6.42 Å². The van der Waals surface area contributed by atoms with Crippen LogP contribution in [0.5, 0.6) is 11.5 Å². The molecule has 28 heavy (non-hydrogen) atoms. The summed E-state index contributed by atoms with van der Waals surface area (Å²) < 4.78 is 20.7. The molecule has 1 nitrogen and oxygen atoms in total. The first-order valence-electron chi connectivity index (χ1n) is 9.68. The third-order valence-electron chi connectivity index (χ3n) is 4.94. The molecule has 3 heteroatoms. The molecule has 3 aromatic carbocycles. The van der Waals surface area contributed by atoms with Gasteiger partial charge in [-0.2, -0.15) is 0 Å². The lowest BCUT2D eigenvalue weighted by atomic mass is 9.82. The van der Waals surface area contributed by atoms with Crippen molar-refractivity contribution in [3.63, 3.8) is 0 Å². The summed E-state index contributed by atoms with van der Waals surface area (Å²) in [4.78, 5) is 0. The van der Waals surface area contributed by atoms with E-state index in [2.05, 4.69) is 12.1 Å². The number of para-hydroxylation sites is 1. The Hall–Kier alpha value is -2.32. The van der Waals surface area contributed by atoms with Crippen LogP contribution in [-0.4, -0.2) is 5.67 Å². The fraction of sp³-hybridized carbons (Fsp3) is 0.280. The monoisotopic (exact) mass is 396 g/mol. The van der Waals surface area contributed by atoms with Gasteiger partial charge in [-0.05, 0) is 80.6 Å². The summed E-state index contributed by atoms with van der Waals surface area (Å²) in [5, 5.41) is 0.675. The molecule has 0 aromatic heterocycles. The second kappa shape index (κ2) is 9.25. The summed E-state index contributed by atoms with van der Waals surface area (Å²) in [6, 6.07) is 25.4. The van der Waals surface area contributed by atoms with Crippen molar-refractivity contribution in [3.8, 4) is 11.5 Å². The van der Waals surface area contributed by atoms with Crippen molar-refractivity contribution in [2.45, 2.75) is 44.7 Å². The topological polar surface area (TPSA) is 9.23 Å². The van der Waals surface area contributed by atoms with Gasteiger partial charge in [-0.25, -0.2) is 4.39 Å². The van der Waals surface area contributed by atoms with Crippen molar-refractivity contribution in [2.75, 3.05) is 0 Å². The largest absolute Gasteiger partial charge is 0.457 e. The Labute approximate surface area is 172 Å². The highest BCUT2D eigenvalue weighted by Crippen LogP contribution is 2.36. The Morgan fingerprint density at radius 3 is 2.25 bits per heavy atom. The normalized spacial score (nSPS) is 12.6. The van der Waals surface area contributed by atoms with Gasteiger partial charge in [0.15, 0.2) is 0 Å². The Morgan fingerprint density at radius 2 is 1.57 bits per heavy atom. The molecule has 0 aliphatic rings. The van der Waals surface area contributed by atoms with E-state index in [-0.39, 0.29) is 5.92 Å². The van der Waals surface area contributed by atoms with Crippen LogP contribution in [0.1, 0.15) is 43.7 Å². The van der Waals surface area contributed by atoms with E-state index in [9.17, 15) is 4.39 Å². The highest BCUT2D eigenvalue weighted by Gasteiger charge is 2.30. The van der Waals surface area contributed by atoms with E-state index in [1.807, 2.05) is 66.7 Å². The highest BCUT2D eigenvalue weighted by molar-refractivity contribution is 6.30. The fourth-order valence-electron chi connectivity index (χ4n) is 3.50. The van der Waals surface area contributed by atoms with Gasteiger partial charge < -0.3 is 4.74 Å². The third kappa shape index (κ3) is 5.84. The zero-order chi connectivity index (χ0) is 20.0. The number of aryl methyl sites for hydroxylation is 1. The summed E-state index contributed by atoms with van der Waals surface area (Å²) in [6.45, 7) is 3.31. The van der Waals surface area contributed by atoms with Gasteiger partial charge in [0.2, 0.25) is 0 Å². The number of hydrogen-bond donors (Lipinski definition) is 0. The Balaban J connectivity index is 1.62. The number of hydrogen-bond acceptors (Lipinski definition) is 1. The first-order valence-corrected chi connectivity index (χ1v) is 10.1. The van der Waals surface area contributed by atoms with Crippen LogP contribution >= 0.6 is 11.6 Å². The van der Waals surface area contributed by atoms with E-state index in [1.54, 1.807) is 13.8 Å².